The van der Waals surface area contributed by atoms with E-state index >= 15 is 0 Å². The molecule has 20 heavy (non-hydrogen) atoms. The predicted octanol–water partition coefficient (Wildman–Crippen LogP) is 0.609. The van der Waals surface area contributed by atoms with Gasteiger partial charge in [0, 0.05) is 7.05 Å². The highest BCUT2D eigenvalue weighted by molar-refractivity contribution is 7.99. The lowest BCUT2D eigenvalue weighted by molar-refractivity contribution is -0.113. The number of nitrogens with zero attached hydrogens (tertiary/aromatic N) is 4. The van der Waals surface area contributed by atoms with Crippen molar-refractivity contribution in [3.8, 4) is 0 Å². The van der Waals surface area contributed by atoms with Crippen molar-refractivity contribution < 1.29 is 9.21 Å². The van der Waals surface area contributed by atoms with Crippen LogP contribution in [0, 0.1) is 13.8 Å². The molecule has 0 radical (unpaired) electrons. The van der Waals surface area contributed by atoms with Gasteiger partial charge in [-0.05, 0) is 13.8 Å². The molecule has 0 bridgehead atoms. The molecule has 0 aromatic carbocycles. The van der Waals surface area contributed by atoms with Crippen LogP contribution in [0.15, 0.2) is 9.64 Å². The number of anilines is 1. The van der Waals surface area contributed by atoms with E-state index in [2.05, 4.69) is 20.6 Å². The number of hydrogen-bond acceptors (Lipinski definition) is 7. The second kappa shape index (κ2) is 6.06. The summed E-state index contributed by atoms with van der Waals surface area (Å²) in [6, 6.07) is 0. The van der Waals surface area contributed by atoms with E-state index in [1.165, 1.54) is 11.8 Å². The van der Waals surface area contributed by atoms with Crippen molar-refractivity contribution in [3.05, 3.63) is 17.3 Å². The molecule has 0 aliphatic carbocycles. The SMILES string of the molecule is Cc1nn(C)c(C)c1NC(=O)CSc1nnc(CN)o1. The molecule has 9 heteroatoms. The summed E-state index contributed by atoms with van der Waals surface area (Å²) in [4.78, 5) is 11.9. The fourth-order valence-electron chi connectivity index (χ4n) is 1.64. The molecule has 3 N–H and O–H groups in total. The Kier molecular flexibility index (Phi) is 4.40. The highest BCUT2D eigenvalue weighted by Gasteiger charge is 2.14. The molecule has 0 saturated heterocycles. The number of hydrogen-bond donors (Lipinski definition) is 2. The van der Waals surface area contributed by atoms with E-state index in [0.29, 0.717) is 11.1 Å². The number of nitrogens with one attached hydrogen (secondary N) is 1. The highest BCUT2D eigenvalue weighted by atomic mass is 32.2. The summed E-state index contributed by atoms with van der Waals surface area (Å²) in [7, 11) is 1.83. The van der Waals surface area contributed by atoms with Gasteiger partial charge in [-0.3, -0.25) is 9.48 Å². The quantitative estimate of drug-likeness (QED) is 0.777. The van der Waals surface area contributed by atoms with E-state index in [1.807, 2.05) is 20.9 Å². The molecule has 2 aromatic heterocycles. The third kappa shape index (κ3) is 3.17. The van der Waals surface area contributed by atoms with Crippen LogP contribution in [0.2, 0.25) is 0 Å². The second-order valence-electron chi connectivity index (χ2n) is 4.17. The summed E-state index contributed by atoms with van der Waals surface area (Å²) in [6.45, 7) is 3.93. The summed E-state index contributed by atoms with van der Waals surface area (Å²) in [5, 5.41) is 14.9. The topological polar surface area (TPSA) is 112 Å². The fourth-order valence-corrected chi connectivity index (χ4v) is 2.22. The first-order chi connectivity index (χ1) is 9.51. The minimum absolute atomic E-state index is 0.151. The van der Waals surface area contributed by atoms with Gasteiger partial charge in [-0.2, -0.15) is 5.10 Å². The Morgan fingerprint density at radius 3 is 2.75 bits per heavy atom. The Morgan fingerprint density at radius 1 is 1.45 bits per heavy atom. The molecule has 108 valence electrons. The number of amides is 1. The zero-order chi connectivity index (χ0) is 14.7. The van der Waals surface area contributed by atoms with Crippen LogP contribution in [0.3, 0.4) is 0 Å². The van der Waals surface area contributed by atoms with Crippen molar-refractivity contribution in [2.45, 2.75) is 25.6 Å². The molecule has 0 spiro atoms. The third-order valence-corrected chi connectivity index (χ3v) is 3.54. The molecule has 2 heterocycles. The lowest BCUT2D eigenvalue weighted by Crippen LogP contribution is -2.15. The van der Waals surface area contributed by atoms with Gasteiger partial charge in [0.15, 0.2) is 0 Å². The lowest BCUT2D eigenvalue weighted by Gasteiger charge is -2.04. The molecule has 8 nitrogen and oxygen atoms in total. The van der Waals surface area contributed by atoms with Crippen LogP contribution < -0.4 is 11.1 Å². The van der Waals surface area contributed by atoms with E-state index in [1.54, 1.807) is 4.68 Å². The highest BCUT2D eigenvalue weighted by Crippen LogP contribution is 2.20. The molecule has 0 aliphatic heterocycles. The van der Waals surface area contributed by atoms with Crippen molar-refractivity contribution in [1.29, 1.82) is 0 Å². The van der Waals surface area contributed by atoms with Crippen LogP contribution in [0.5, 0.6) is 0 Å². The van der Waals surface area contributed by atoms with Crippen LogP contribution in [0.1, 0.15) is 17.3 Å². The Bertz CT molecular complexity index is 620. The summed E-state index contributed by atoms with van der Waals surface area (Å²) >= 11 is 1.17. The average molecular weight is 296 g/mol. The first kappa shape index (κ1) is 14.5. The van der Waals surface area contributed by atoms with Gasteiger partial charge in [-0.1, -0.05) is 11.8 Å². The van der Waals surface area contributed by atoms with Gasteiger partial charge in [0.1, 0.15) is 0 Å². The molecule has 0 aliphatic rings. The maximum atomic E-state index is 11.9. The lowest BCUT2D eigenvalue weighted by atomic mass is 10.3. The predicted molar refractivity (Wildman–Crippen MR) is 74.2 cm³/mol. The van der Waals surface area contributed by atoms with E-state index in [4.69, 9.17) is 10.2 Å². The Labute approximate surface area is 120 Å². The smallest absolute Gasteiger partial charge is 0.277 e. The molecular weight excluding hydrogens is 280 g/mol. The molecule has 1 amide bonds. The summed E-state index contributed by atoms with van der Waals surface area (Å²) in [5.41, 5.74) is 7.80. The van der Waals surface area contributed by atoms with E-state index in [9.17, 15) is 4.79 Å². The number of carbonyl (C=O) groups excluding carboxylic acids is 1. The van der Waals surface area contributed by atoms with Gasteiger partial charge in [-0.15, -0.1) is 10.2 Å². The Hall–Kier alpha value is -1.87. The molecular formula is C11H16N6O2S. The first-order valence-electron chi connectivity index (χ1n) is 5.96. The monoisotopic (exact) mass is 296 g/mol. The largest absolute Gasteiger partial charge is 0.415 e. The molecule has 0 unspecified atom stereocenters. The second-order valence-corrected chi connectivity index (χ2v) is 5.10. The van der Waals surface area contributed by atoms with Gasteiger partial charge < -0.3 is 15.5 Å². The van der Waals surface area contributed by atoms with Gasteiger partial charge in [0.2, 0.25) is 11.8 Å². The van der Waals surface area contributed by atoms with E-state index in [-0.39, 0.29) is 18.2 Å². The van der Waals surface area contributed by atoms with Crippen molar-refractivity contribution in [2.75, 3.05) is 11.1 Å². The molecule has 0 saturated carbocycles. The van der Waals surface area contributed by atoms with Gasteiger partial charge >= 0.3 is 0 Å². The zero-order valence-electron chi connectivity index (χ0n) is 11.5. The maximum Gasteiger partial charge on any atom is 0.277 e. The zero-order valence-corrected chi connectivity index (χ0v) is 12.3. The molecule has 2 aromatic rings. The first-order valence-corrected chi connectivity index (χ1v) is 6.95. The van der Waals surface area contributed by atoms with Crippen LogP contribution >= 0.6 is 11.8 Å². The standard InChI is InChI=1S/C11H16N6O2S/c1-6-10(7(2)17(3)16-6)13-8(18)5-20-11-15-14-9(4-12)19-11/h4-5,12H2,1-3H3,(H,13,18). The number of thioether (sulfide) groups is 1. The summed E-state index contributed by atoms with van der Waals surface area (Å²) in [5.74, 6) is 0.383. The van der Waals surface area contributed by atoms with E-state index in [0.717, 1.165) is 17.1 Å². The minimum atomic E-state index is -0.151. The number of nitrogens with two attached hydrogens (primary N) is 1. The molecule has 0 fully saturated rings. The number of aromatic nitrogens is 4. The Balaban J connectivity index is 1.92. The number of aryl methyl sites for hydroxylation is 2. The summed E-state index contributed by atoms with van der Waals surface area (Å²) in [6.07, 6.45) is 0. The van der Waals surface area contributed by atoms with Crippen LogP contribution in [0.4, 0.5) is 5.69 Å². The van der Waals surface area contributed by atoms with Crippen LogP contribution in [-0.2, 0) is 18.4 Å². The minimum Gasteiger partial charge on any atom is -0.415 e. The normalized spacial score (nSPS) is 10.8. The van der Waals surface area contributed by atoms with Crippen molar-refractivity contribution in [1.82, 2.24) is 20.0 Å². The average Bonchev–Trinajstić information content (AvgIpc) is 2.97. The van der Waals surface area contributed by atoms with E-state index < -0.39 is 0 Å². The van der Waals surface area contributed by atoms with Gasteiger partial charge in [0.05, 0.1) is 29.4 Å². The van der Waals surface area contributed by atoms with Crippen LogP contribution in [-0.4, -0.2) is 31.6 Å². The van der Waals surface area contributed by atoms with Crippen molar-refractivity contribution in [3.63, 3.8) is 0 Å². The van der Waals surface area contributed by atoms with Gasteiger partial charge in [0.25, 0.3) is 5.22 Å². The molecule has 2 rings (SSSR count). The number of carbonyl (C=O) groups is 1. The maximum absolute atomic E-state index is 11.9. The molecule has 0 atom stereocenters. The van der Waals surface area contributed by atoms with Crippen LogP contribution in [0.25, 0.3) is 0 Å². The third-order valence-electron chi connectivity index (χ3n) is 2.72. The van der Waals surface area contributed by atoms with Crippen molar-refractivity contribution in [2.24, 2.45) is 12.8 Å². The van der Waals surface area contributed by atoms with Gasteiger partial charge in [-0.25, -0.2) is 0 Å². The fraction of sp³-hybridized carbons (Fsp3) is 0.455. The number of rotatable bonds is 5. The summed E-state index contributed by atoms with van der Waals surface area (Å²) < 4.78 is 6.93. The Morgan fingerprint density at radius 2 is 2.20 bits per heavy atom. The van der Waals surface area contributed by atoms with Crippen molar-refractivity contribution >= 4 is 23.4 Å².